The van der Waals surface area contributed by atoms with Gasteiger partial charge >= 0.3 is 5.97 Å². The van der Waals surface area contributed by atoms with E-state index in [9.17, 15) is 9.90 Å². The fourth-order valence-corrected chi connectivity index (χ4v) is 4.33. The summed E-state index contributed by atoms with van der Waals surface area (Å²) in [5.41, 5.74) is 6.70. The van der Waals surface area contributed by atoms with Crippen molar-refractivity contribution >= 4 is 28.6 Å². The highest BCUT2D eigenvalue weighted by molar-refractivity contribution is 5.97. The van der Waals surface area contributed by atoms with Crippen LogP contribution < -0.4 is 10.6 Å². The molecule has 0 spiro atoms. The van der Waals surface area contributed by atoms with Crippen LogP contribution in [0.5, 0.6) is 0 Å². The van der Waals surface area contributed by atoms with E-state index >= 15 is 0 Å². The number of aliphatic imine (C=N–C) groups is 1. The molecule has 4 rings (SSSR count). The first kappa shape index (κ1) is 24.5. The molecule has 0 saturated carbocycles. The third-order valence-electron chi connectivity index (χ3n) is 6.02. The lowest BCUT2D eigenvalue weighted by atomic mass is 9.99. The first-order valence-electron chi connectivity index (χ1n) is 11.8. The number of carboxylic acid groups (broad SMARTS) is 1. The molecule has 8 heteroatoms. The number of aromatic nitrogens is 2. The lowest BCUT2D eigenvalue weighted by Crippen LogP contribution is -2.26. The normalized spacial score (nSPS) is 11.3. The van der Waals surface area contributed by atoms with Gasteiger partial charge in [0.15, 0.2) is 0 Å². The van der Waals surface area contributed by atoms with E-state index in [0.29, 0.717) is 18.1 Å². The summed E-state index contributed by atoms with van der Waals surface area (Å²) in [5.74, 6) is 0.436. The van der Waals surface area contributed by atoms with Gasteiger partial charge in [-0.2, -0.15) is 5.26 Å². The van der Waals surface area contributed by atoms with E-state index in [4.69, 9.17) is 10.2 Å². The molecule has 36 heavy (non-hydrogen) atoms. The highest BCUT2D eigenvalue weighted by atomic mass is 16.4. The van der Waals surface area contributed by atoms with Gasteiger partial charge in [0.05, 0.1) is 16.6 Å². The Kier molecular flexibility index (Phi) is 7.31. The van der Waals surface area contributed by atoms with E-state index in [1.54, 1.807) is 25.4 Å². The molecule has 0 aliphatic heterocycles. The van der Waals surface area contributed by atoms with E-state index in [1.165, 1.54) is 0 Å². The number of hydrogen-bond acceptors (Lipinski definition) is 4. The van der Waals surface area contributed by atoms with E-state index in [-0.39, 0.29) is 5.56 Å². The van der Waals surface area contributed by atoms with Gasteiger partial charge in [0, 0.05) is 25.7 Å². The van der Waals surface area contributed by atoms with Crippen LogP contribution in [0.15, 0.2) is 65.7 Å². The Hall–Kier alpha value is -4.64. The maximum Gasteiger partial charge on any atom is 0.336 e. The van der Waals surface area contributed by atoms with Gasteiger partial charge < -0.3 is 20.3 Å². The summed E-state index contributed by atoms with van der Waals surface area (Å²) in [5, 5.41) is 24.5. The molecule has 1 aromatic heterocycles. The van der Waals surface area contributed by atoms with Crippen molar-refractivity contribution in [1.29, 1.82) is 5.26 Å². The topological polar surface area (TPSA) is 115 Å². The molecular formula is C28H28N6O2. The number of aryl methyl sites for hydroxylation is 2. The van der Waals surface area contributed by atoms with Gasteiger partial charge in [-0.25, -0.2) is 9.78 Å². The molecule has 3 N–H and O–H groups in total. The Bertz CT molecular complexity index is 1480. The Morgan fingerprint density at radius 1 is 1.17 bits per heavy atom. The average Bonchev–Trinajstić information content (AvgIpc) is 3.22. The van der Waals surface area contributed by atoms with E-state index in [1.807, 2.05) is 55.5 Å². The van der Waals surface area contributed by atoms with Crippen molar-refractivity contribution in [2.45, 2.75) is 33.2 Å². The number of imidazole rings is 1. The molecule has 0 aliphatic rings. The van der Waals surface area contributed by atoms with Gasteiger partial charge in [0.25, 0.3) is 0 Å². The average molecular weight is 481 g/mol. The summed E-state index contributed by atoms with van der Waals surface area (Å²) in [6, 6.07) is 19.0. The number of nitrogens with zero attached hydrogens (tertiary/aromatic N) is 4. The smallest absolute Gasteiger partial charge is 0.336 e. The number of hydrogen-bond donors (Lipinski definition) is 3. The molecule has 0 amide bonds. The number of benzene rings is 3. The second-order valence-corrected chi connectivity index (χ2v) is 8.51. The van der Waals surface area contributed by atoms with Crippen LogP contribution in [0.3, 0.4) is 0 Å². The molecule has 4 aromatic rings. The monoisotopic (exact) mass is 480 g/mol. The number of rotatable bonds is 7. The van der Waals surface area contributed by atoms with Crippen LogP contribution in [0.4, 0.5) is 5.69 Å². The van der Waals surface area contributed by atoms with Crippen LogP contribution in [-0.2, 0) is 13.0 Å². The highest BCUT2D eigenvalue weighted by Crippen LogP contribution is 2.28. The second-order valence-electron chi connectivity index (χ2n) is 8.51. The van der Waals surface area contributed by atoms with Crippen molar-refractivity contribution in [3.63, 3.8) is 0 Å². The molecule has 0 fully saturated rings. The zero-order chi connectivity index (χ0) is 25.7. The lowest BCUT2D eigenvalue weighted by molar-refractivity contribution is 0.0697. The summed E-state index contributed by atoms with van der Waals surface area (Å²) in [6.07, 6.45) is 3.61. The standard InChI is InChI=1S/C28H28N6O2/c1-4-7-25-33-26-18(2)14-21(32-28(30-3)31-17-29)15-24(26)34(25)16-19-10-12-20(13-11-19)22-8-5-6-9-23(22)27(35)36/h5-6,8-15H,4,7,16H2,1-3H3,(H,35,36)(H2,30,31,32). The van der Waals surface area contributed by atoms with Crippen molar-refractivity contribution in [3.8, 4) is 17.3 Å². The number of nitriles is 1. The van der Waals surface area contributed by atoms with Crippen molar-refractivity contribution in [1.82, 2.24) is 14.9 Å². The number of nitrogens with one attached hydrogen (secondary N) is 2. The van der Waals surface area contributed by atoms with E-state index in [0.717, 1.165) is 52.1 Å². The van der Waals surface area contributed by atoms with Crippen molar-refractivity contribution in [3.05, 3.63) is 83.2 Å². The van der Waals surface area contributed by atoms with Gasteiger partial charge in [0.2, 0.25) is 12.2 Å². The zero-order valence-corrected chi connectivity index (χ0v) is 20.5. The molecular weight excluding hydrogens is 452 g/mol. The van der Waals surface area contributed by atoms with Crippen LogP contribution >= 0.6 is 0 Å². The molecule has 0 saturated heterocycles. The summed E-state index contributed by atoms with van der Waals surface area (Å²) in [7, 11) is 1.71. The predicted molar refractivity (Wildman–Crippen MR) is 142 cm³/mol. The molecule has 8 nitrogen and oxygen atoms in total. The number of carboxylic acids is 1. The molecule has 0 atom stereocenters. The minimum Gasteiger partial charge on any atom is -0.478 e. The van der Waals surface area contributed by atoms with Crippen LogP contribution in [-0.4, -0.2) is 33.6 Å². The quantitative estimate of drug-likeness (QED) is 0.191. The fraction of sp³-hybridized carbons (Fsp3) is 0.214. The number of guanidine groups is 1. The van der Waals surface area contributed by atoms with Gasteiger partial charge in [-0.05, 0) is 53.8 Å². The van der Waals surface area contributed by atoms with E-state index < -0.39 is 5.97 Å². The maximum atomic E-state index is 11.6. The van der Waals surface area contributed by atoms with Crippen LogP contribution in [0, 0.1) is 18.4 Å². The van der Waals surface area contributed by atoms with Crippen LogP contribution in [0.1, 0.15) is 40.7 Å². The third-order valence-corrected chi connectivity index (χ3v) is 6.02. The van der Waals surface area contributed by atoms with Crippen molar-refractivity contribution < 1.29 is 9.90 Å². The number of aromatic carboxylic acids is 1. The number of anilines is 1. The molecule has 0 unspecified atom stereocenters. The third kappa shape index (κ3) is 5.05. The number of carbonyl (C=O) groups is 1. The predicted octanol–water partition coefficient (Wildman–Crippen LogP) is 5.18. The molecule has 1 heterocycles. The Balaban J connectivity index is 1.72. The molecule has 3 aromatic carbocycles. The molecule has 182 valence electrons. The molecule has 0 aliphatic carbocycles. The fourth-order valence-electron chi connectivity index (χ4n) is 4.33. The van der Waals surface area contributed by atoms with Gasteiger partial charge in [0.1, 0.15) is 5.82 Å². The Labute approximate surface area is 209 Å². The molecule has 0 radical (unpaired) electrons. The largest absolute Gasteiger partial charge is 0.478 e. The van der Waals surface area contributed by atoms with Crippen molar-refractivity contribution in [2.75, 3.05) is 12.4 Å². The Morgan fingerprint density at radius 3 is 2.58 bits per heavy atom. The second kappa shape index (κ2) is 10.7. The number of fused-ring (bicyclic) bond motifs is 1. The maximum absolute atomic E-state index is 11.6. The first-order chi connectivity index (χ1) is 17.4. The van der Waals surface area contributed by atoms with E-state index in [2.05, 4.69) is 27.1 Å². The van der Waals surface area contributed by atoms with Gasteiger partial charge in [-0.1, -0.05) is 49.4 Å². The molecule has 0 bridgehead atoms. The SMILES string of the molecule is CCCc1nc2c(C)cc(N/C(=N\C#N)NC)cc2n1Cc1ccc(-c2ccccc2C(=O)O)cc1. The highest BCUT2D eigenvalue weighted by Gasteiger charge is 2.15. The zero-order valence-electron chi connectivity index (χ0n) is 20.5. The van der Waals surface area contributed by atoms with Crippen molar-refractivity contribution in [2.24, 2.45) is 4.99 Å². The summed E-state index contributed by atoms with van der Waals surface area (Å²) >= 11 is 0. The summed E-state index contributed by atoms with van der Waals surface area (Å²) in [4.78, 5) is 20.3. The van der Waals surface area contributed by atoms with Crippen LogP contribution in [0.2, 0.25) is 0 Å². The minimum atomic E-state index is -0.940. The lowest BCUT2D eigenvalue weighted by Gasteiger charge is -2.13. The van der Waals surface area contributed by atoms with Gasteiger partial charge in [-0.15, -0.1) is 4.99 Å². The minimum absolute atomic E-state index is 0.285. The summed E-state index contributed by atoms with van der Waals surface area (Å²) < 4.78 is 2.22. The van der Waals surface area contributed by atoms with Gasteiger partial charge in [-0.3, -0.25) is 0 Å². The summed E-state index contributed by atoms with van der Waals surface area (Å²) in [6.45, 7) is 4.78. The van der Waals surface area contributed by atoms with Crippen LogP contribution in [0.25, 0.3) is 22.2 Å². The Morgan fingerprint density at radius 2 is 1.92 bits per heavy atom. The first-order valence-corrected chi connectivity index (χ1v) is 11.8.